The second-order valence-corrected chi connectivity index (χ2v) is 9.13. The predicted molar refractivity (Wildman–Crippen MR) is 130 cm³/mol. The lowest BCUT2D eigenvalue weighted by Gasteiger charge is -2.40. The van der Waals surface area contributed by atoms with Crippen LogP contribution in [0.2, 0.25) is 5.02 Å². The van der Waals surface area contributed by atoms with Gasteiger partial charge in [-0.3, -0.25) is 9.59 Å². The van der Waals surface area contributed by atoms with E-state index < -0.39 is 0 Å². The van der Waals surface area contributed by atoms with E-state index >= 15 is 0 Å². The number of aromatic nitrogens is 2. The standard InChI is InChI=1S/C23H30ClN5O2.ClH/c1-17(30)27-11-13-28(14-12-27)21-5-6-22(31)29(26-21)20-7-9-23(16-25,10-8-20)18-3-2-4-19(24)15-18;/h2-6,15,20H,7-14,16,25H2,1H3;1H/t20-,23+;. The van der Waals surface area contributed by atoms with Crippen LogP contribution in [0.15, 0.2) is 41.2 Å². The molecule has 1 aliphatic heterocycles. The number of nitrogens with two attached hydrogens (primary N) is 1. The average Bonchev–Trinajstić information content (AvgIpc) is 2.79. The quantitative estimate of drug-likeness (QED) is 0.728. The Hall–Kier alpha value is -2.09. The molecule has 2 fully saturated rings. The fraction of sp³-hybridized carbons (Fsp3) is 0.522. The van der Waals surface area contributed by atoms with E-state index in [0.717, 1.165) is 49.6 Å². The second kappa shape index (κ2) is 10.2. The van der Waals surface area contributed by atoms with Gasteiger partial charge in [-0.05, 0) is 49.4 Å². The molecule has 1 aromatic carbocycles. The molecule has 7 nitrogen and oxygen atoms in total. The maximum absolute atomic E-state index is 12.6. The average molecular weight is 480 g/mol. The normalized spacial score (nSPS) is 23.5. The largest absolute Gasteiger partial charge is 0.352 e. The van der Waals surface area contributed by atoms with E-state index in [1.807, 2.05) is 23.1 Å². The SMILES string of the molecule is CC(=O)N1CCN(c2ccc(=O)n([C@H]3CC[C@@](CN)(c4cccc(Cl)c4)CC3)n2)CC1.Cl. The number of piperazine rings is 1. The first-order chi connectivity index (χ1) is 14.9. The van der Waals surface area contributed by atoms with Crippen LogP contribution in [0.1, 0.15) is 44.2 Å². The molecular formula is C23H31Cl2N5O2. The molecule has 174 valence electrons. The van der Waals surface area contributed by atoms with Crippen molar-refractivity contribution in [3.8, 4) is 0 Å². The molecule has 1 aliphatic carbocycles. The molecular weight excluding hydrogens is 449 g/mol. The van der Waals surface area contributed by atoms with Gasteiger partial charge in [0.2, 0.25) is 5.91 Å². The summed E-state index contributed by atoms with van der Waals surface area (Å²) < 4.78 is 1.66. The lowest BCUT2D eigenvalue weighted by Crippen LogP contribution is -2.48. The summed E-state index contributed by atoms with van der Waals surface area (Å²) in [5, 5.41) is 5.45. The summed E-state index contributed by atoms with van der Waals surface area (Å²) in [6.45, 7) is 4.96. The molecule has 0 atom stereocenters. The first-order valence-electron chi connectivity index (χ1n) is 11.0. The predicted octanol–water partition coefficient (Wildman–Crippen LogP) is 3.00. The third-order valence-electron chi connectivity index (χ3n) is 6.95. The molecule has 2 aliphatic rings. The first-order valence-corrected chi connectivity index (χ1v) is 11.4. The lowest BCUT2D eigenvalue weighted by atomic mass is 9.68. The number of benzene rings is 1. The molecule has 1 amide bonds. The minimum atomic E-state index is -0.106. The van der Waals surface area contributed by atoms with Crippen LogP contribution < -0.4 is 16.2 Å². The highest BCUT2D eigenvalue weighted by Gasteiger charge is 2.37. The van der Waals surface area contributed by atoms with Gasteiger partial charge in [0.05, 0.1) is 6.04 Å². The molecule has 1 saturated carbocycles. The number of halogens is 2. The molecule has 32 heavy (non-hydrogen) atoms. The van der Waals surface area contributed by atoms with Crippen molar-refractivity contribution in [2.75, 3.05) is 37.6 Å². The molecule has 0 radical (unpaired) electrons. The number of carbonyl (C=O) groups excluding carboxylic acids is 1. The Balaban J connectivity index is 0.00000289. The molecule has 9 heteroatoms. The topological polar surface area (TPSA) is 84.5 Å². The second-order valence-electron chi connectivity index (χ2n) is 8.69. The Kier molecular flexibility index (Phi) is 7.85. The van der Waals surface area contributed by atoms with E-state index in [1.165, 1.54) is 5.56 Å². The Morgan fingerprint density at radius 2 is 1.84 bits per heavy atom. The van der Waals surface area contributed by atoms with E-state index in [1.54, 1.807) is 23.7 Å². The zero-order valence-electron chi connectivity index (χ0n) is 18.4. The van der Waals surface area contributed by atoms with Gasteiger partial charge in [0.25, 0.3) is 5.56 Å². The van der Waals surface area contributed by atoms with Crippen molar-refractivity contribution in [3.63, 3.8) is 0 Å². The third-order valence-corrected chi connectivity index (χ3v) is 7.18. The molecule has 1 saturated heterocycles. The first kappa shape index (κ1) is 24.6. The number of hydrogen-bond donors (Lipinski definition) is 1. The van der Waals surface area contributed by atoms with Crippen molar-refractivity contribution in [2.45, 2.75) is 44.1 Å². The van der Waals surface area contributed by atoms with Gasteiger partial charge in [0.1, 0.15) is 5.82 Å². The molecule has 1 aromatic heterocycles. The van der Waals surface area contributed by atoms with E-state index in [0.29, 0.717) is 19.6 Å². The highest BCUT2D eigenvalue weighted by Crippen LogP contribution is 2.42. The summed E-state index contributed by atoms with van der Waals surface area (Å²) in [5.41, 5.74) is 7.23. The van der Waals surface area contributed by atoms with Crippen molar-refractivity contribution in [3.05, 3.63) is 57.3 Å². The van der Waals surface area contributed by atoms with E-state index in [9.17, 15) is 9.59 Å². The maximum Gasteiger partial charge on any atom is 0.267 e. The van der Waals surface area contributed by atoms with Gasteiger partial charge in [-0.15, -0.1) is 12.4 Å². The number of amides is 1. The third kappa shape index (κ3) is 4.95. The van der Waals surface area contributed by atoms with Crippen LogP contribution >= 0.6 is 24.0 Å². The zero-order chi connectivity index (χ0) is 22.0. The Labute approximate surface area is 199 Å². The summed E-state index contributed by atoms with van der Waals surface area (Å²) in [7, 11) is 0. The van der Waals surface area contributed by atoms with Crippen LogP contribution in [0.4, 0.5) is 5.82 Å². The van der Waals surface area contributed by atoms with Crippen molar-refractivity contribution in [1.29, 1.82) is 0 Å². The van der Waals surface area contributed by atoms with Gasteiger partial charge < -0.3 is 15.5 Å². The van der Waals surface area contributed by atoms with Gasteiger partial charge in [-0.2, -0.15) is 5.10 Å². The Bertz CT molecular complexity index is 996. The zero-order valence-corrected chi connectivity index (χ0v) is 19.9. The van der Waals surface area contributed by atoms with E-state index in [4.69, 9.17) is 22.4 Å². The molecule has 0 spiro atoms. The van der Waals surface area contributed by atoms with Crippen LogP contribution in [0.25, 0.3) is 0 Å². The van der Waals surface area contributed by atoms with Crippen LogP contribution in [0, 0.1) is 0 Å². The van der Waals surface area contributed by atoms with Crippen molar-refractivity contribution >= 4 is 35.7 Å². The van der Waals surface area contributed by atoms with Gasteiger partial charge in [0, 0.05) is 56.2 Å². The summed E-state index contributed by atoms with van der Waals surface area (Å²) in [6.07, 6.45) is 3.48. The highest BCUT2D eigenvalue weighted by atomic mass is 35.5. The Morgan fingerprint density at radius 3 is 2.44 bits per heavy atom. The fourth-order valence-electron chi connectivity index (χ4n) is 4.92. The van der Waals surface area contributed by atoms with Crippen LogP contribution in [-0.4, -0.2) is 53.3 Å². The number of hydrogen-bond acceptors (Lipinski definition) is 5. The molecule has 2 heterocycles. The lowest BCUT2D eigenvalue weighted by molar-refractivity contribution is -0.129. The highest BCUT2D eigenvalue weighted by molar-refractivity contribution is 6.30. The molecule has 4 rings (SSSR count). The number of carbonyl (C=O) groups is 1. The fourth-order valence-corrected chi connectivity index (χ4v) is 5.11. The van der Waals surface area contributed by atoms with Gasteiger partial charge in [-0.1, -0.05) is 23.7 Å². The summed E-state index contributed by atoms with van der Waals surface area (Å²) >= 11 is 6.22. The number of rotatable bonds is 4. The molecule has 0 bridgehead atoms. The number of anilines is 1. The van der Waals surface area contributed by atoms with Crippen LogP contribution in [-0.2, 0) is 10.2 Å². The smallest absolute Gasteiger partial charge is 0.267 e. The molecule has 2 aromatic rings. The minimum Gasteiger partial charge on any atom is -0.352 e. The Morgan fingerprint density at radius 1 is 1.16 bits per heavy atom. The minimum absolute atomic E-state index is 0. The van der Waals surface area contributed by atoms with Crippen molar-refractivity contribution in [1.82, 2.24) is 14.7 Å². The molecule has 0 unspecified atom stereocenters. The van der Waals surface area contributed by atoms with E-state index in [2.05, 4.69) is 11.0 Å². The van der Waals surface area contributed by atoms with Gasteiger partial charge in [0.15, 0.2) is 0 Å². The molecule has 2 N–H and O–H groups in total. The number of nitrogens with zero attached hydrogens (tertiary/aromatic N) is 4. The maximum atomic E-state index is 12.6. The van der Waals surface area contributed by atoms with Crippen molar-refractivity contribution < 1.29 is 4.79 Å². The summed E-state index contributed by atoms with van der Waals surface area (Å²) in [5.74, 6) is 0.899. The summed E-state index contributed by atoms with van der Waals surface area (Å²) in [4.78, 5) is 28.2. The van der Waals surface area contributed by atoms with Crippen LogP contribution in [0.3, 0.4) is 0 Å². The monoisotopic (exact) mass is 479 g/mol. The van der Waals surface area contributed by atoms with Gasteiger partial charge in [-0.25, -0.2) is 4.68 Å². The summed E-state index contributed by atoms with van der Waals surface area (Å²) in [6, 6.07) is 11.4. The van der Waals surface area contributed by atoms with E-state index in [-0.39, 0.29) is 35.3 Å². The van der Waals surface area contributed by atoms with Crippen LogP contribution in [0.5, 0.6) is 0 Å². The van der Waals surface area contributed by atoms with Gasteiger partial charge >= 0.3 is 0 Å². The van der Waals surface area contributed by atoms with Crippen molar-refractivity contribution in [2.24, 2.45) is 5.73 Å².